The van der Waals surface area contributed by atoms with Crippen LogP contribution in [0.25, 0.3) is 0 Å². The maximum Gasteiger partial charge on any atom is 0.338 e. The summed E-state index contributed by atoms with van der Waals surface area (Å²) in [6.45, 7) is 3.71. The summed E-state index contributed by atoms with van der Waals surface area (Å²) in [7, 11) is 0. The van der Waals surface area contributed by atoms with Crippen molar-refractivity contribution in [3.05, 3.63) is 59.7 Å². The van der Waals surface area contributed by atoms with Gasteiger partial charge in [-0.2, -0.15) is 0 Å². The van der Waals surface area contributed by atoms with Gasteiger partial charge in [-0.05, 0) is 44.2 Å². The number of benzene rings is 2. The van der Waals surface area contributed by atoms with Crippen molar-refractivity contribution >= 4 is 17.6 Å². The van der Waals surface area contributed by atoms with Crippen molar-refractivity contribution in [1.29, 1.82) is 0 Å². The van der Waals surface area contributed by atoms with Crippen LogP contribution in [0.3, 0.4) is 0 Å². The highest BCUT2D eigenvalue weighted by Gasteiger charge is 2.11. The quantitative estimate of drug-likeness (QED) is 0.742. The smallest absolute Gasteiger partial charge is 0.338 e. The number of anilines is 1. The van der Waals surface area contributed by atoms with E-state index in [1.807, 2.05) is 13.8 Å². The van der Waals surface area contributed by atoms with Crippen molar-refractivity contribution in [2.24, 2.45) is 0 Å². The van der Waals surface area contributed by atoms with Gasteiger partial charge in [0.15, 0.2) is 0 Å². The van der Waals surface area contributed by atoms with Gasteiger partial charge in [-0.25, -0.2) is 19.0 Å². The van der Waals surface area contributed by atoms with Crippen molar-refractivity contribution in [3.63, 3.8) is 0 Å². The Kier molecular flexibility index (Phi) is 5.89. The lowest BCUT2D eigenvalue weighted by atomic mass is 10.2. The number of hydrogen-bond donors (Lipinski definition) is 3. The van der Waals surface area contributed by atoms with E-state index in [-0.39, 0.29) is 17.4 Å². The molecule has 0 heterocycles. The second-order valence-corrected chi connectivity index (χ2v) is 5.35. The van der Waals surface area contributed by atoms with E-state index in [9.17, 15) is 18.4 Å². The van der Waals surface area contributed by atoms with Crippen molar-refractivity contribution in [2.75, 3.05) is 5.32 Å². The van der Waals surface area contributed by atoms with Gasteiger partial charge in [0.05, 0.1) is 11.8 Å². The minimum absolute atomic E-state index is 0.0483. The number of amides is 3. The van der Waals surface area contributed by atoms with E-state index in [0.29, 0.717) is 11.8 Å². The fourth-order valence-corrected chi connectivity index (χ4v) is 1.91. The Balaban J connectivity index is 1.92. The number of carbonyl (C=O) groups excluding carboxylic acids is 2. The Morgan fingerprint density at radius 2 is 1.80 bits per heavy atom. The second-order valence-electron chi connectivity index (χ2n) is 5.35. The summed E-state index contributed by atoms with van der Waals surface area (Å²) in [6.07, 6.45) is -0.0483. The van der Waals surface area contributed by atoms with Gasteiger partial charge in [0.25, 0.3) is 5.91 Å². The molecule has 0 aromatic heterocycles. The number of rotatable bonds is 4. The van der Waals surface area contributed by atoms with Gasteiger partial charge in [-0.3, -0.25) is 10.2 Å². The number of ether oxygens (including phenoxy) is 1. The molecule has 2 aromatic carbocycles. The van der Waals surface area contributed by atoms with Gasteiger partial charge in [-0.1, -0.05) is 6.07 Å². The molecule has 0 saturated carbocycles. The van der Waals surface area contributed by atoms with Crippen LogP contribution in [0.2, 0.25) is 0 Å². The van der Waals surface area contributed by atoms with E-state index in [1.165, 1.54) is 6.07 Å². The highest BCUT2D eigenvalue weighted by Crippen LogP contribution is 2.15. The molecule has 0 aliphatic carbocycles. The van der Waals surface area contributed by atoms with Gasteiger partial charge < -0.3 is 10.1 Å². The Morgan fingerprint density at radius 3 is 2.48 bits per heavy atom. The highest BCUT2D eigenvalue weighted by molar-refractivity contribution is 5.97. The first-order valence-corrected chi connectivity index (χ1v) is 7.44. The molecule has 6 nitrogen and oxygen atoms in total. The molecule has 0 radical (unpaired) electrons. The number of hydrazine groups is 1. The Bertz CT molecular complexity index is 781. The minimum atomic E-state index is -0.931. The van der Waals surface area contributed by atoms with E-state index in [1.54, 1.807) is 18.2 Å². The first-order valence-electron chi connectivity index (χ1n) is 7.44. The molecule has 0 saturated heterocycles. The second kappa shape index (κ2) is 8.09. The van der Waals surface area contributed by atoms with Gasteiger partial charge in [-0.15, -0.1) is 0 Å². The maximum absolute atomic E-state index is 13.4. The SMILES string of the molecule is CC(C)Oc1cccc(C(=O)NNC(=O)Nc2ccc(F)cc2F)c1. The maximum atomic E-state index is 13.4. The molecule has 3 N–H and O–H groups in total. The van der Waals surface area contributed by atoms with Crippen molar-refractivity contribution in [2.45, 2.75) is 20.0 Å². The van der Waals surface area contributed by atoms with Gasteiger partial charge >= 0.3 is 6.03 Å². The molecule has 0 unspecified atom stereocenters. The Morgan fingerprint density at radius 1 is 1.04 bits per heavy atom. The summed E-state index contributed by atoms with van der Waals surface area (Å²) in [5.41, 5.74) is 4.31. The molecular weight excluding hydrogens is 332 g/mol. The van der Waals surface area contributed by atoms with Crippen LogP contribution in [-0.4, -0.2) is 18.0 Å². The Hall–Kier alpha value is -3.16. The lowest BCUT2D eigenvalue weighted by Gasteiger charge is -2.12. The number of nitrogens with one attached hydrogen (secondary N) is 3. The van der Waals surface area contributed by atoms with Crippen LogP contribution in [0.15, 0.2) is 42.5 Å². The lowest BCUT2D eigenvalue weighted by molar-refractivity contribution is 0.0937. The first-order chi connectivity index (χ1) is 11.8. The Labute approximate surface area is 143 Å². The van der Waals surface area contributed by atoms with Crippen LogP contribution in [0.1, 0.15) is 24.2 Å². The molecule has 2 rings (SSSR count). The molecule has 3 amide bonds. The predicted molar refractivity (Wildman–Crippen MR) is 88.2 cm³/mol. The van der Waals surface area contributed by atoms with Crippen LogP contribution >= 0.6 is 0 Å². The van der Waals surface area contributed by atoms with Crippen LogP contribution < -0.4 is 20.9 Å². The van der Waals surface area contributed by atoms with E-state index in [4.69, 9.17) is 4.74 Å². The topological polar surface area (TPSA) is 79.5 Å². The summed E-state index contributed by atoms with van der Waals surface area (Å²) < 4.78 is 31.7. The summed E-state index contributed by atoms with van der Waals surface area (Å²) in [6, 6.07) is 8.23. The fourth-order valence-electron chi connectivity index (χ4n) is 1.91. The molecule has 0 aliphatic rings. The van der Waals surface area contributed by atoms with Crippen molar-refractivity contribution in [1.82, 2.24) is 10.9 Å². The molecule has 132 valence electrons. The third-order valence-corrected chi connectivity index (χ3v) is 2.94. The number of carbonyl (C=O) groups is 2. The zero-order valence-corrected chi connectivity index (χ0v) is 13.6. The molecule has 0 aliphatic heterocycles. The average molecular weight is 349 g/mol. The van der Waals surface area contributed by atoms with Crippen molar-refractivity contribution < 1.29 is 23.1 Å². The number of urea groups is 1. The highest BCUT2D eigenvalue weighted by atomic mass is 19.1. The summed E-state index contributed by atoms with van der Waals surface area (Å²) in [5.74, 6) is -1.76. The van der Waals surface area contributed by atoms with Gasteiger partial charge in [0.2, 0.25) is 0 Å². The normalized spacial score (nSPS) is 10.3. The number of hydrogen-bond acceptors (Lipinski definition) is 3. The average Bonchev–Trinajstić information content (AvgIpc) is 2.55. The molecular formula is C17H17F2N3O3. The van der Waals surface area contributed by atoms with Gasteiger partial charge in [0, 0.05) is 11.6 Å². The molecule has 25 heavy (non-hydrogen) atoms. The molecule has 0 spiro atoms. The monoisotopic (exact) mass is 349 g/mol. The van der Waals surface area contributed by atoms with E-state index >= 15 is 0 Å². The van der Waals surface area contributed by atoms with Gasteiger partial charge in [0.1, 0.15) is 17.4 Å². The van der Waals surface area contributed by atoms with Crippen LogP contribution in [0, 0.1) is 11.6 Å². The molecule has 0 atom stereocenters. The van der Waals surface area contributed by atoms with E-state index in [0.717, 1.165) is 12.1 Å². The van der Waals surface area contributed by atoms with Crippen LogP contribution in [0.5, 0.6) is 5.75 Å². The number of halogens is 2. The third-order valence-electron chi connectivity index (χ3n) is 2.94. The fraction of sp³-hybridized carbons (Fsp3) is 0.176. The first kappa shape index (κ1) is 18.2. The lowest BCUT2D eigenvalue weighted by Crippen LogP contribution is -2.44. The standard InChI is InChI=1S/C17H17F2N3O3/c1-10(2)25-13-5-3-4-11(8-13)16(23)21-22-17(24)20-15-7-6-12(18)9-14(15)19/h3-10H,1-2H3,(H,21,23)(H2,20,22,24). The largest absolute Gasteiger partial charge is 0.491 e. The van der Waals surface area contributed by atoms with Crippen LogP contribution in [0.4, 0.5) is 19.3 Å². The van der Waals surface area contributed by atoms with E-state index < -0.39 is 23.6 Å². The van der Waals surface area contributed by atoms with Crippen molar-refractivity contribution in [3.8, 4) is 5.75 Å². The third kappa shape index (κ3) is 5.45. The molecule has 8 heteroatoms. The zero-order chi connectivity index (χ0) is 18.4. The summed E-state index contributed by atoms with van der Waals surface area (Å²) >= 11 is 0. The molecule has 0 fully saturated rings. The minimum Gasteiger partial charge on any atom is -0.491 e. The van der Waals surface area contributed by atoms with Crippen LogP contribution in [-0.2, 0) is 0 Å². The molecule has 2 aromatic rings. The van der Waals surface area contributed by atoms with E-state index in [2.05, 4.69) is 16.2 Å². The summed E-state index contributed by atoms with van der Waals surface area (Å²) in [5, 5.41) is 2.15. The summed E-state index contributed by atoms with van der Waals surface area (Å²) in [4.78, 5) is 23.7. The zero-order valence-electron chi connectivity index (χ0n) is 13.6. The molecule has 0 bridgehead atoms. The predicted octanol–water partition coefficient (Wildman–Crippen LogP) is 3.22.